The van der Waals surface area contributed by atoms with Gasteiger partial charge in [-0.2, -0.15) is 0 Å². The molecule has 1 aliphatic carbocycles. The van der Waals surface area contributed by atoms with E-state index in [-0.39, 0.29) is 12.5 Å². The number of carbonyl (C=O) groups is 4. The molecule has 0 spiro atoms. The number of aliphatic hydroxyl groups excluding tert-OH is 1. The summed E-state index contributed by atoms with van der Waals surface area (Å²) in [6, 6.07) is 20.6. The lowest BCUT2D eigenvalue weighted by Gasteiger charge is -2.37. The highest BCUT2D eigenvalue weighted by Gasteiger charge is 2.37. The van der Waals surface area contributed by atoms with Gasteiger partial charge >= 0.3 is 12.1 Å². The summed E-state index contributed by atoms with van der Waals surface area (Å²) in [5, 5.41) is 15.7. The molecule has 0 aliphatic heterocycles. The smallest absolute Gasteiger partial charge is 0.407 e. The minimum atomic E-state index is -1.14. The Bertz CT molecular complexity index is 1510. The van der Waals surface area contributed by atoms with Gasteiger partial charge in [-0.15, -0.1) is 0 Å². The molecule has 0 heterocycles. The van der Waals surface area contributed by atoms with Crippen molar-refractivity contribution in [3.63, 3.8) is 0 Å². The zero-order valence-electron chi connectivity index (χ0n) is 27.2. The quantitative estimate of drug-likeness (QED) is 0.262. The van der Waals surface area contributed by atoms with E-state index in [9.17, 15) is 24.3 Å². The molecule has 3 N–H and O–H groups in total. The molecule has 244 valence electrons. The highest BCUT2D eigenvalue weighted by molar-refractivity contribution is 5.93. The molecule has 10 nitrogen and oxygen atoms in total. The summed E-state index contributed by atoms with van der Waals surface area (Å²) in [6.07, 6.45) is -0.793. The molecule has 1 unspecified atom stereocenters. The number of carbonyl (C=O) groups excluding carboxylic acids is 4. The number of esters is 1. The van der Waals surface area contributed by atoms with E-state index in [4.69, 9.17) is 9.47 Å². The van der Waals surface area contributed by atoms with E-state index < -0.39 is 60.3 Å². The maximum Gasteiger partial charge on any atom is 0.407 e. The molecule has 1 aliphatic rings. The van der Waals surface area contributed by atoms with Crippen LogP contribution in [0.25, 0.3) is 11.1 Å². The molecule has 3 amide bonds. The lowest BCUT2D eigenvalue weighted by atomic mass is 9.98. The lowest BCUT2D eigenvalue weighted by molar-refractivity contribution is -0.158. The predicted molar refractivity (Wildman–Crippen MR) is 174 cm³/mol. The summed E-state index contributed by atoms with van der Waals surface area (Å²) in [6.45, 7) is 9.22. The van der Waals surface area contributed by atoms with Gasteiger partial charge < -0.3 is 30.1 Å². The van der Waals surface area contributed by atoms with Crippen LogP contribution in [-0.2, 0) is 23.9 Å². The number of fused-ring (bicyclic) bond motifs is 3. The fraction of sp³-hybridized carbons (Fsp3) is 0.389. The van der Waals surface area contributed by atoms with Crippen LogP contribution in [0.5, 0.6) is 0 Å². The molecule has 0 aromatic heterocycles. The van der Waals surface area contributed by atoms with Gasteiger partial charge in [-0.1, -0.05) is 78.9 Å². The molecule has 3 aromatic rings. The third-order valence-corrected chi connectivity index (χ3v) is 7.91. The minimum Gasteiger partial charge on any atom is -0.458 e. The Kier molecular flexibility index (Phi) is 10.8. The van der Waals surface area contributed by atoms with Crippen LogP contribution in [0.15, 0.2) is 78.9 Å². The second kappa shape index (κ2) is 14.6. The molecular weight excluding hydrogens is 586 g/mol. The molecule has 46 heavy (non-hydrogen) atoms. The normalized spacial score (nSPS) is 14.9. The average Bonchev–Trinajstić information content (AvgIpc) is 3.35. The standard InChI is InChI=1S/C36H43N3O7/c1-22(38-35(44)45-21-30-28-18-12-10-16-26(28)27-17-11-13-19-29(27)30)33(42)39(31(20-40)25-14-8-7-9-15-25)24(3)32(41)37-23(2)34(43)46-36(4,5)6/h7-19,22-24,30-31,40H,20-21H2,1-6H3,(H,37,41)(H,38,44)/t22-,23+,24?,31+/m0/s1. The van der Waals surface area contributed by atoms with Crippen molar-refractivity contribution in [1.82, 2.24) is 15.5 Å². The van der Waals surface area contributed by atoms with Crippen LogP contribution >= 0.6 is 0 Å². The molecule has 3 aromatic carbocycles. The van der Waals surface area contributed by atoms with Crippen LogP contribution in [0.1, 0.15) is 70.2 Å². The van der Waals surface area contributed by atoms with Crippen molar-refractivity contribution in [3.8, 4) is 11.1 Å². The number of aliphatic hydroxyl groups is 1. The van der Waals surface area contributed by atoms with Gasteiger partial charge in [0.25, 0.3) is 0 Å². The van der Waals surface area contributed by atoms with Crippen LogP contribution in [0, 0.1) is 0 Å². The molecule has 0 bridgehead atoms. The van der Waals surface area contributed by atoms with E-state index in [1.165, 1.54) is 25.7 Å². The van der Waals surface area contributed by atoms with Gasteiger partial charge in [-0.05, 0) is 69.4 Å². The topological polar surface area (TPSA) is 134 Å². The molecule has 0 radical (unpaired) electrons. The number of benzene rings is 3. The number of rotatable bonds is 11. The number of hydrogen-bond donors (Lipinski definition) is 3. The number of hydrogen-bond acceptors (Lipinski definition) is 7. The second-order valence-electron chi connectivity index (χ2n) is 12.5. The SMILES string of the molecule is CC(C(=O)N[C@H](C)C(=O)OC(C)(C)C)N(C(=O)[C@H](C)NC(=O)OCC1c2ccccc2-c2ccccc21)[C@H](CO)c1ccccc1. The fourth-order valence-corrected chi connectivity index (χ4v) is 5.66. The summed E-state index contributed by atoms with van der Waals surface area (Å²) < 4.78 is 11.0. The first-order chi connectivity index (χ1) is 21.8. The van der Waals surface area contributed by atoms with Gasteiger partial charge in [0.2, 0.25) is 11.8 Å². The fourth-order valence-electron chi connectivity index (χ4n) is 5.66. The zero-order chi connectivity index (χ0) is 33.6. The molecule has 0 saturated carbocycles. The Morgan fingerprint density at radius 2 is 1.35 bits per heavy atom. The number of nitrogens with zero attached hydrogens (tertiary/aromatic N) is 1. The Labute approximate surface area is 270 Å². The molecule has 10 heteroatoms. The predicted octanol–water partition coefficient (Wildman–Crippen LogP) is 4.71. The molecule has 0 saturated heterocycles. The largest absolute Gasteiger partial charge is 0.458 e. The Morgan fingerprint density at radius 3 is 1.89 bits per heavy atom. The van der Waals surface area contributed by atoms with Crippen molar-refractivity contribution < 1.29 is 33.8 Å². The first kappa shape index (κ1) is 34.2. The van der Waals surface area contributed by atoms with Crippen LogP contribution in [0.4, 0.5) is 4.79 Å². The Balaban J connectivity index is 1.48. The first-order valence-electron chi connectivity index (χ1n) is 15.4. The lowest BCUT2D eigenvalue weighted by Crippen LogP contribution is -2.57. The summed E-state index contributed by atoms with van der Waals surface area (Å²) in [7, 11) is 0. The third kappa shape index (κ3) is 7.92. The van der Waals surface area contributed by atoms with Crippen LogP contribution in [0.3, 0.4) is 0 Å². The van der Waals surface area contributed by atoms with E-state index in [0.717, 1.165) is 22.3 Å². The maximum absolute atomic E-state index is 14.0. The van der Waals surface area contributed by atoms with Gasteiger partial charge in [0.05, 0.1) is 12.6 Å². The van der Waals surface area contributed by atoms with E-state index in [1.54, 1.807) is 51.1 Å². The van der Waals surface area contributed by atoms with Gasteiger partial charge in [0, 0.05) is 5.92 Å². The van der Waals surface area contributed by atoms with Gasteiger partial charge in [0.1, 0.15) is 30.3 Å². The van der Waals surface area contributed by atoms with Crippen molar-refractivity contribution in [1.29, 1.82) is 0 Å². The summed E-state index contributed by atoms with van der Waals surface area (Å²) in [5.74, 6) is -2.04. The van der Waals surface area contributed by atoms with E-state index >= 15 is 0 Å². The van der Waals surface area contributed by atoms with Crippen molar-refractivity contribution in [3.05, 3.63) is 95.6 Å². The first-order valence-corrected chi connectivity index (χ1v) is 15.4. The highest BCUT2D eigenvalue weighted by Crippen LogP contribution is 2.44. The summed E-state index contributed by atoms with van der Waals surface area (Å²) in [4.78, 5) is 54.2. The highest BCUT2D eigenvalue weighted by atomic mass is 16.6. The maximum atomic E-state index is 14.0. The molecule has 0 fully saturated rings. The Morgan fingerprint density at radius 1 is 0.804 bits per heavy atom. The zero-order valence-corrected chi connectivity index (χ0v) is 27.2. The number of nitrogens with one attached hydrogen (secondary N) is 2. The van der Waals surface area contributed by atoms with Crippen LogP contribution in [0.2, 0.25) is 0 Å². The van der Waals surface area contributed by atoms with E-state index in [0.29, 0.717) is 5.56 Å². The monoisotopic (exact) mass is 629 g/mol. The minimum absolute atomic E-state index is 0.0646. The van der Waals surface area contributed by atoms with Crippen molar-refractivity contribution in [2.45, 2.75) is 77.2 Å². The second-order valence-corrected chi connectivity index (χ2v) is 12.5. The summed E-state index contributed by atoms with van der Waals surface area (Å²) in [5.41, 5.74) is 4.14. The van der Waals surface area contributed by atoms with Crippen LogP contribution < -0.4 is 10.6 Å². The number of amides is 3. The number of ether oxygens (including phenoxy) is 2. The summed E-state index contributed by atoms with van der Waals surface area (Å²) >= 11 is 0. The van der Waals surface area contributed by atoms with Gasteiger partial charge in [-0.25, -0.2) is 9.59 Å². The molecule has 4 atom stereocenters. The Hall–Kier alpha value is -4.70. The van der Waals surface area contributed by atoms with Gasteiger partial charge in [0.15, 0.2) is 0 Å². The van der Waals surface area contributed by atoms with Crippen LogP contribution in [-0.4, -0.2) is 70.8 Å². The molecular formula is C36H43N3O7. The third-order valence-electron chi connectivity index (χ3n) is 7.91. The van der Waals surface area contributed by atoms with Crippen molar-refractivity contribution >= 4 is 23.9 Å². The van der Waals surface area contributed by atoms with E-state index in [2.05, 4.69) is 10.6 Å². The van der Waals surface area contributed by atoms with Gasteiger partial charge in [-0.3, -0.25) is 9.59 Å². The van der Waals surface area contributed by atoms with Crippen molar-refractivity contribution in [2.75, 3.05) is 13.2 Å². The molecule has 4 rings (SSSR count). The number of alkyl carbamates (subject to hydrolysis) is 1. The average molecular weight is 630 g/mol. The van der Waals surface area contributed by atoms with Crippen molar-refractivity contribution in [2.24, 2.45) is 0 Å². The van der Waals surface area contributed by atoms with E-state index in [1.807, 2.05) is 48.5 Å².